The summed E-state index contributed by atoms with van der Waals surface area (Å²) in [5.74, 6) is -1.73. The maximum absolute atomic E-state index is 13.2. The topological polar surface area (TPSA) is 119 Å². The van der Waals surface area contributed by atoms with Gasteiger partial charge in [-0.25, -0.2) is 19.6 Å². The largest absolute Gasteiger partial charge is 0.465 e. The first-order chi connectivity index (χ1) is 18.3. The molecule has 0 radical (unpaired) electrons. The molecule has 38 heavy (non-hydrogen) atoms. The molecule has 8 nitrogen and oxygen atoms in total. The Balaban J connectivity index is 1.72. The third-order valence-electron chi connectivity index (χ3n) is 8.09. The van der Waals surface area contributed by atoms with E-state index in [1.54, 1.807) is 42.5 Å². The van der Waals surface area contributed by atoms with Crippen LogP contribution < -0.4 is 0 Å². The molecule has 0 spiro atoms. The minimum atomic E-state index is -0.799. The second kappa shape index (κ2) is 9.82. The average molecular weight is 510 g/mol. The van der Waals surface area contributed by atoms with Crippen molar-refractivity contribution in [3.63, 3.8) is 0 Å². The molecule has 1 heterocycles. The highest BCUT2D eigenvalue weighted by molar-refractivity contribution is 5.91. The number of hydrogen-bond acceptors (Lipinski definition) is 8. The molecular weight excluding hydrogens is 482 g/mol. The molecule has 2 aliphatic rings. The lowest BCUT2D eigenvalue weighted by molar-refractivity contribution is -0.131. The van der Waals surface area contributed by atoms with E-state index in [1.807, 2.05) is 19.2 Å². The van der Waals surface area contributed by atoms with Crippen LogP contribution in [0.3, 0.4) is 0 Å². The number of nitriles is 1. The summed E-state index contributed by atoms with van der Waals surface area (Å²) in [6.07, 6.45) is 3.52. The number of hydrogen-bond donors (Lipinski definition) is 0. The van der Waals surface area contributed by atoms with E-state index in [0.717, 1.165) is 28.8 Å². The van der Waals surface area contributed by atoms with E-state index in [2.05, 4.69) is 11.1 Å². The molecular formula is C30H27N3O5. The number of aromatic nitrogens is 2. The predicted molar refractivity (Wildman–Crippen MR) is 137 cm³/mol. The highest BCUT2D eigenvalue weighted by Gasteiger charge is 2.56. The molecule has 0 N–H and O–H groups in total. The van der Waals surface area contributed by atoms with Crippen LogP contribution in [0, 0.1) is 29.1 Å². The normalized spacial score (nSPS) is 23.9. The van der Waals surface area contributed by atoms with Gasteiger partial charge in [-0.05, 0) is 60.6 Å². The zero-order valence-electron chi connectivity index (χ0n) is 21.4. The molecule has 1 aromatic heterocycles. The van der Waals surface area contributed by atoms with Gasteiger partial charge >= 0.3 is 11.9 Å². The SMILES string of the molecule is COC(=O)c1ccc(-c2ncc3c(n2)C2(c4cccc(C(=O)OC)c4)CC(C#N)C(=O)[C@@H](C)[C@@H]2CC3)cc1. The van der Waals surface area contributed by atoms with Crippen molar-refractivity contribution in [3.8, 4) is 17.5 Å². The van der Waals surface area contributed by atoms with Crippen molar-refractivity contribution in [2.45, 2.75) is 31.6 Å². The van der Waals surface area contributed by atoms with Crippen LogP contribution in [0.2, 0.25) is 0 Å². The van der Waals surface area contributed by atoms with Gasteiger partial charge in [-0.2, -0.15) is 5.26 Å². The van der Waals surface area contributed by atoms with Gasteiger partial charge in [0.25, 0.3) is 0 Å². The van der Waals surface area contributed by atoms with Crippen molar-refractivity contribution in [3.05, 3.63) is 82.7 Å². The van der Waals surface area contributed by atoms with Crippen LogP contribution in [0.1, 0.15) is 57.3 Å². The number of aryl methyl sites for hydroxylation is 1. The fraction of sp³-hybridized carbons (Fsp3) is 0.333. The number of carbonyl (C=O) groups excluding carboxylic acids is 3. The molecule has 4 atom stereocenters. The third-order valence-corrected chi connectivity index (χ3v) is 8.09. The van der Waals surface area contributed by atoms with Crippen molar-refractivity contribution in [2.24, 2.45) is 17.8 Å². The second-order valence-corrected chi connectivity index (χ2v) is 9.90. The van der Waals surface area contributed by atoms with Gasteiger partial charge in [-0.1, -0.05) is 31.2 Å². The van der Waals surface area contributed by atoms with E-state index in [9.17, 15) is 19.6 Å². The zero-order chi connectivity index (χ0) is 27.0. The Morgan fingerprint density at radius 3 is 2.45 bits per heavy atom. The number of methoxy groups -OCH3 is 2. The Kier molecular flexibility index (Phi) is 6.53. The number of carbonyl (C=O) groups is 3. The van der Waals surface area contributed by atoms with E-state index in [0.29, 0.717) is 23.4 Å². The Hall–Kier alpha value is -4.38. The monoisotopic (exact) mass is 509 g/mol. The maximum atomic E-state index is 13.2. The first-order valence-electron chi connectivity index (χ1n) is 12.5. The van der Waals surface area contributed by atoms with Crippen molar-refractivity contribution in [2.75, 3.05) is 14.2 Å². The van der Waals surface area contributed by atoms with Crippen LogP contribution in [0.15, 0.2) is 54.7 Å². The molecule has 8 heteroatoms. The van der Waals surface area contributed by atoms with Crippen molar-refractivity contribution < 1.29 is 23.9 Å². The van der Waals surface area contributed by atoms with Crippen molar-refractivity contribution in [1.29, 1.82) is 5.26 Å². The minimum Gasteiger partial charge on any atom is -0.465 e. The lowest BCUT2D eigenvalue weighted by Crippen LogP contribution is -2.53. The molecule has 2 unspecified atom stereocenters. The van der Waals surface area contributed by atoms with Crippen LogP contribution in [-0.4, -0.2) is 41.9 Å². The minimum absolute atomic E-state index is 0.0478. The Morgan fingerprint density at radius 1 is 1.05 bits per heavy atom. The zero-order valence-corrected chi connectivity index (χ0v) is 21.4. The summed E-state index contributed by atoms with van der Waals surface area (Å²) in [5.41, 5.74) is 3.33. The van der Waals surface area contributed by atoms with Gasteiger partial charge in [0.15, 0.2) is 11.6 Å². The lowest BCUT2D eigenvalue weighted by Gasteiger charge is -2.51. The molecule has 0 amide bonds. The Bertz CT molecular complexity index is 1480. The van der Waals surface area contributed by atoms with Gasteiger partial charge in [0.2, 0.25) is 0 Å². The molecule has 2 aliphatic carbocycles. The number of rotatable bonds is 4. The summed E-state index contributed by atoms with van der Waals surface area (Å²) in [6.45, 7) is 1.90. The fourth-order valence-corrected chi connectivity index (χ4v) is 6.20. The highest BCUT2D eigenvalue weighted by atomic mass is 16.5. The number of Topliss-reactive ketones (excluding diaryl/α,β-unsaturated/α-hetero) is 1. The molecule has 0 saturated heterocycles. The molecule has 1 saturated carbocycles. The number of ether oxygens (including phenoxy) is 2. The van der Waals surface area contributed by atoms with Gasteiger partial charge in [-0.15, -0.1) is 0 Å². The number of nitrogens with zero attached hydrogens (tertiary/aromatic N) is 3. The van der Waals surface area contributed by atoms with Crippen molar-refractivity contribution >= 4 is 17.7 Å². The number of fused-ring (bicyclic) bond motifs is 3. The first kappa shape index (κ1) is 25.3. The van der Waals surface area contributed by atoms with E-state index >= 15 is 0 Å². The summed E-state index contributed by atoms with van der Waals surface area (Å²) in [6, 6.07) is 16.3. The van der Waals surface area contributed by atoms with E-state index in [1.165, 1.54) is 14.2 Å². The van der Waals surface area contributed by atoms with Gasteiger partial charge in [0.1, 0.15) is 5.92 Å². The average Bonchev–Trinajstić information content (AvgIpc) is 2.97. The van der Waals surface area contributed by atoms with Crippen molar-refractivity contribution in [1.82, 2.24) is 9.97 Å². The summed E-state index contributed by atoms with van der Waals surface area (Å²) < 4.78 is 9.76. The third kappa shape index (κ3) is 3.95. The molecule has 192 valence electrons. The summed E-state index contributed by atoms with van der Waals surface area (Å²) in [4.78, 5) is 47.2. The molecule has 2 aromatic carbocycles. The van der Waals surface area contributed by atoms with E-state index in [4.69, 9.17) is 14.5 Å². The number of esters is 2. The number of ketones is 1. The Labute approximate surface area is 220 Å². The van der Waals surface area contributed by atoms with Crippen LogP contribution in [0.5, 0.6) is 0 Å². The predicted octanol–water partition coefficient (Wildman–Crippen LogP) is 4.31. The highest BCUT2D eigenvalue weighted by Crippen LogP contribution is 2.56. The lowest BCUT2D eigenvalue weighted by atomic mass is 9.51. The van der Waals surface area contributed by atoms with Crippen LogP contribution in [0.25, 0.3) is 11.4 Å². The van der Waals surface area contributed by atoms with E-state index in [-0.39, 0.29) is 24.0 Å². The molecule has 0 aliphatic heterocycles. The molecule has 1 fully saturated rings. The summed E-state index contributed by atoms with van der Waals surface area (Å²) in [5, 5.41) is 9.97. The molecule has 0 bridgehead atoms. The van der Waals surface area contributed by atoms with E-state index < -0.39 is 23.3 Å². The van der Waals surface area contributed by atoms with Gasteiger partial charge in [-0.3, -0.25) is 4.79 Å². The van der Waals surface area contributed by atoms with Crippen LogP contribution >= 0.6 is 0 Å². The smallest absolute Gasteiger partial charge is 0.337 e. The fourth-order valence-electron chi connectivity index (χ4n) is 6.20. The number of benzene rings is 2. The first-order valence-corrected chi connectivity index (χ1v) is 12.5. The standard InChI is InChI=1S/C30H27N3O5/c1-17-24-12-11-21-16-32-27(18-7-9-19(10-8-18)28(35)37-2)33-26(21)30(24,14-22(15-31)25(17)34)23-6-4-5-20(13-23)29(36)38-3/h4-10,13,16-17,22,24H,11-12,14H2,1-3H3/t17-,22?,24-,30?/m0/s1. The van der Waals surface area contributed by atoms with Gasteiger partial charge in [0.05, 0.1) is 37.1 Å². The molecule has 3 aromatic rings. The quantitative estimate of drug-likeness (QED) is 0.477. The maximum Gasteiger partial charge on any atom is 0.337 e. The second-order valence-electron chi connectivity index (χ2n) is 9.90. The van der Waals surface area contributed by atoms with Crippen LogP contribution in [0.4, 0.5) is 0 Å². The summed E-state index contributed by atoms with van der Waals surface area (Å²) in [7, 11) is 2.67. The van der Waals surface area contributed by atoms with Gasteiger partial charge < -0.3 is 9.47 Å². The Morgan fingerprint density at radius 2 is 1.76 bits per heavy atom. The summed E-state index contributed by atoms with van der Waals surface area (Å²) >= 11 is 0. The van der Waals surface area contributed by atoms with Gasteiger partial charge in [0, 0.05) is 23.1 Å². The molecule has 5 rings (SSSR count). The van der Waals surface area contributed by atoms with Crippen LogP contribution in [-0.2, 0) is 26.1 Å².